The molecule has 0 bridgehead atoms. The lowest BCUT2D eigenvalue weighted by Gasteiger charge is -2.10. The molecule has 0 aliphatic rings. The molecule has 0 saturated carbocycles. The molecule has 0 aromatic heterocycles. The predicted molar refractivity (Wildman–Crippen MR) is 109 cm³/mol. The van der Waals surface area contributed by atoms with Crippen LogP contribution in [0.2, 0.25) is 10.0 Å². The molecule has 0 heterocycles. The Labute approximate surface area is 167 Å². The number of hydrogen-bond acceptors (Lipinski definition) is 3. The Hall–Kier alpha value is -2.82. The third-order valence-corrected chi connectivity index (χ3v) is 4.26. The van der Waals surface area contributed by atoms with Crippen LogP contribution < -0.4 is 10.2 Å². The second kappa shape index (κ2) is 9.21. The average molecular weight is 399 g/mol. The van der Waals surface area contributed by atoms with Crippen LogP contribution in [0.15, 0.2) is 77.9 Å². The fourth-order valence-electron chi connectivity index (χ4n) is 2.34. The number of ether oxygens (including phenoxy) is 1. The van der Waals surface area contributed by atoms with Crippen LogP contribution >= 0.6 is 23.2 Å². The van der Waals surface area contributed by atoms with Crippen molar-refractivity contribution >= 4 is 35.3 Å². The first-order valence-electron chi connectivity index (χ1n) is 8.17. The van der Waals surface area contributed by atoms with Crippen molar-refractivity contribution in [1.29, 1.82) is 0 Å². The van der Waals surface area contributed by atoms with Crippen LogP contribution in [-0.4, -0.2) is 12.1 Å². The van der Waals surface area contributed by atoms with E-state index in [1.54, 1.807) is 36.4 Å². The molecule has 0 fully saturated rings. The van der Waals surface area contributed by atoms with Gasteiger partial charge in [-0.1, -0.05) is 71.7 Å². The highest BCUT2D eigenvalue weighted by Gasteiger charge is 2.11. The van der Waals surface area contributed by atoms with Gasteiger partial charge in [-0.3, -0.25) is 4.79 Å². The summed E-state index contributed by atoms with van der Waals surface area (Å²) in [5.41, 5.74) is 4.55. The lowest BCUT2D eigenvalue weighted by atomic mass is 10.2. The summed E-state index contributed by atoms with van der Waals surface area (Å²) in [7, 11) is 0. The number of rotatable bonds is 6. The van der Waals surface area contributed by atoms with E-state index in [1.807, 2.05) is 36.4 Å². The van der Waals surface area contributed by atoms with Crippen LogP contribution in [0.25, 0.3) is 0 Å². The van der Waals surface area contributed by atoms with Crippen LogP contribution in [-0.2, 0) is 6.61 Å². The molecule has 3 rings (SSSR count). The van der Waals surface area contributed by atoms with Gasteiger partial charge in [-0.25, -0.2) is 5.43 Å². The molecule has 0 saturated heterocycles. The molecule has 4 nitrogen and oxygen atoms in total. The van der Waals surface area contributed by atoms with Crippen LogP contribution in [0.4, 0.5) is 0 Å². The van der Waals surface area contributed by atoms with Gasteiger partial charge in [-0.05, 0) is 29.8 Å². The average Bonchev–Trinajstić information content (AvgIpc) is 2.69. The summed E-state index contributed by atoms with van der Waals surface area (Å²) in [4.78, 5) is 12.4. The van der Waals surface area contributed by atoms with E-state index in [9.17, 15) is 4.79 Å². The van der Waals surface area contributed by atoms with Gasteiger partial charge >= 0.3 is 0 Å². The zero-order valence-electron chi connectivity index (χ0n) is 14.2. The second-order valence-electron chi connectivity index (χ2n) is 5.64. The predicted octanol–water partition coefficient (Wildman–Crippen LogP) is 5.34. The molecule has 3 aromatic rings. The van der Waals surface area contributed by atoms with Crippen molar-refractivity contribution in [2.45, 2.75) is 6.61 Å². The third kappa shape index (κ3) is 5.33. The third-order valence-electron chi connectivity index (χ3n) is 3.70. The van der Waals surface area contributed by atoms with Gasteiger partial charge < -0.3 is 4.74 Å². The van der Waals surface area contributed by atoms with Crippen LogP contribution in [0.5, 0.6) is 5.75 Å². The van der Waals surface area contributed by atoms with Crippen molar-refractivity contribution < 1.29 is 9.53 Å². The Morgan fingerprint density at radius 1 is 1.00 bits per heavy atom. The molecule has 6 heteroatoms. The minimum Gasteiger partial charge on any atom is -0.488 e. The molecule has 0 atom stereocenters. The molecule has 0 aliphatic heterocycles. The monoisotopic (exact) mass is 398 g/mol. The van der Waals surface area contributed by atoms with Crippen LogP contribution in [0.1, 0.15) is 21.5 Å². The Kier molecular flexibility index (Phi) is 6.47. The second-order valence-corrected chi connectivity index (χ2v) is 6.48. The zero-order chi connectivity index (χ0) is 19.1. The highest BCUT2D eigenvalue weighted by molar-refractivity contribution is 6.36. The van der Waals surface area contributed by atoms with Gasteiger partial charge in [-0.15, -0.1) is 0 Å². The highest BCUT2D eigenvalue weighted by Crippen LogP contribution is 2.20. The molecular formula is C21H16Cl2N2O2. The summed E-state index contributed by atoms with van der Waals surface area (Å²) in [5.74, 6) is 0.110. The van der Waals surface area contributed by atoms with Gasteiger partial charge in [0.05, 0.1) is 16.8 Å². The van der Waals surface area contributed by atoms with E-state index < -0.39 is 0 Å². The van der Waals surface area contributed by atoms with Gasteiger partial charge in [0.15, 0.2) is 0 Å². The lowest BCUT2D eigenvalue weighted by molar-refractivity contribution is 0.0950. The van der Waals surface area contributed by atoms with Crippen molar-refractivity contribution in [1.82, 2.24) is 5.43 Å². The summed E-state index contributed by atoms with van der Waals surface area (Å²) in [6.07, 6.45) is 1.46. The maximum atomic E-state index is 12.4. The number of carbonyl (C=O) groups is 1. The molecule has 0 spiro atoms. The number of benzene rings is 3. The smallest absolute Gasteiger partial charge is 0.275 e. The van der Waals surface area contributed by atoms with Gasteiger partial charge in [-0.2, -0.15) is 5.10 Å². The first kappa shape index (κ1) is 19.0. The zero-order valence-corrected chi connectivity index (χ0v) is 15.7. The molecule has 1 N–H and O–H groups in total. The largest absolute Gasteiger partial charge is 0.488 e. The first-order chi connectivity index (χ1) is 13.1. The summed E-state index contributed by atoms with van der Waals surface area (Å²) >= 11 is 11.9. The lowest BCUT2D eigenvalue weighted by Crippen LogP contribution is -2.18. The van der Waals surface area contributed by atoms with E-state index in [0.29, 0.717) is 33.5 Å². The van der Waals surface area contributed by atoms with E-state index in [4.69, 9.17) is 27.9 Å². The molecule has 27 heavy (non-hydrogen) atoms. The maximum Gasteiger partial charge on any atom is 0.275 e. The first-order valence-corrected chi connectivity index (χ1v) is 8.93. The molecule has 136 valence electrons. The van der Waals surface area contributed by atoms with E-state index in [-0.39, 0.29) is 5.91 Å². The SMILES string of the molecule is O=C(N/N=C/c1ccc(Cl)cc1Cl)c1ccccc1OCc1ccccc1. The Balaban J connectivity index is 1.67. The quantitative estimate of drug-likeness (QED) is 0.450. The normalized spacial score (nSPS) is 10.7. The van der Waals surface area contributed by atoms with Crippen LogP contribution in [0, 0.1) is 0 Å². The number of halogens is 2. The highest BCUT2D eigenvalue weighted by atomic mass is 35.5. The topological polar surface area (TPSA) is 50.7 Å². The number of hydrazone groups is 1. The van der Waals surface area contributed by atoms with Gasteiger partial charge in [0.25, 0.3) is 5.91 Å². The number of carbonyl (C=O) groups excluding carboxylic acids is 1. The maximum absolute atomic E-state index is 12.4. The van der Waals surface area contributed by atoms with Crippen molar-refractivity contribution in [3.63, 3.8) is 0 Å². The molecular weight excluding hydrogens is 383 g/mol. The molecule has 0 aliphatic carbocycles. The van der Waals surface area contributed by atoms with Gasteiger partial charge in [0.2, 0.25) is 0 Å². The molecule has 3 aromatic carbocycles. The van der Waals surface area contributed by atoms with E-state index >= 15 is 0 Å². The molecule has 1 amide bonds. The minimum atomic E-state index is -0.375. The number of nitrogens with one attached hydrogen (secondary N) is 1. The minimum absolute atomic E-state index is 0.370. The number of amides is 1. The summed E-state index contributed by atoms with van der Waals surface area (Å²) in [5, 5.41) is 4.94. The van der Waals surface area contributed by atoms with E-state index in [0.717, 1.165) is 5.56 Å². The Bertz CT molecular complexity index is 959. The van der Waals surface area contributed by atoms with Crippen LogP contribution in [0.3, 0.4) is 0 Å². The van der Waals surface area contributed by atoms with Crippen molar-refractivity contribution in [3.05, 3.63) is 99.5 Å². The van der Waals surface area contributed by atoms with Crippen molar-refractivity contribution in [3.8, 4) is 5.75 Å². The Morgan fingerprint density at radius 3 is 2.52 bits per heavy atom. The fraction of sp³-hybridized carbons (Fsp3) is 0.0476. The number of para-hydroxylation sites is 1. The molecule has 0 radical (unpaired) electrons. The summed E-state index contributed by atoms with van der Waals surface area (Å²) in [6.45, 7) is 0.370. The molecule has 0 unspecified atom stereocenters. The van der Waals surface area contributed by atoms with Crippen molar-refractivity contribution in [2.75, 3.05) is 0 Å². The van der Waals surface area contributed by atoms with Crippen molar-refractivity contribution in [2.24, 2.45) is 5.10 Å². The summed E-state index contributed by atoms with van der Waals surface area (Å²) in [6, 6.07) is 21.8. The summed E-state index contributed by atoms with van der Waals surface area (Å²) < 4.78 is 5.79. The van der Waals surface area contributed by atoms with Gasteiger partial charge in [0, 0.05) is 10.6 Å². The van der Waals surface area contributed by atoms with E-state index in [1.165, 1.54) is 6.21 Å². The Morgan fingerprint density at radius 2 is 1.74 bits per heavy atom. The number of hydrogen-bond donors (Lipinski definition) is 1. The fourth-order valence-corrected chi connectivity index (χ4v) is 2.80. The number of nitrogens with zero attached hydrogens (tertiary/aromatic N) is 1. The van der Waals surface area contributed by atoms with E-state index in [2.05, 4.69) is 10.5 Å². The standard InChI is InChI=1S/C21H16Cl2N2O2/c22-17-11-10-16(19(23)12-17)13-24-25-21(26)18-8-4-5-9-20(18)27-14-15-6-2-1-3-7-15/h1-13H,14H2,(H,25,26)/b24-13+. The van der Waals surface area contributed by atoms with Gasteiger partial charge in [0.1, 0.15) is 12.4 Å².